The molecule has 0 amide bonds. The van der Waals surface area contributed by atoms with Crippen LogP contribution in [0.3, 0.4) is 0 Å². The molecule has 1 N–H and O–H groups in total. The number of unbranched alkanes of at least 4 members (excludes halogenated alkanes) is 3. The first-order chi connectivity index (χ1) is 10.8. The van der Waals surface area contributed by atoms with Crippen LogP contribution in [-0.4, -0.2) is 5.11 Å². The van der Waals surface area contributed by atoms with Crippen LogP contribution in [0.5, 0.6) is 0 Å². The number of hydrogen-bond acceptors (Lipinski definition) is 1. The number of hydrogen-bond donors (Lipinski definition) is 1. The van der Waals surface area contributed by atoms with E-state index < -0.39 is 6.10 Å². The maximum atomic E-state index is 10.6. The third kappa shape index (κ3) is 3.31. The summed E-state index contributed by atoms with van der Waals surface area (Å²) in [6.07, 6.45) is 7.76. The zero-order valence-corrected chi connectivity index (χ0v) is 13.5. The molecule has 1 aliphatic rings. The fourth-order valence-electron chi connectivity index (χ4n) is 3.19. The topological polar surface area (TPSA) is 20.2 Å². The first kappa shape index (κ1) is 16.5. The lowest BCUT2D eigenvalue weighted by Crippen LogP contribution is -2.07. The largest absolute Gasteiger partial charge is 0.384 e. The average molecular weight is 294 g/mol. The van der Waals surface area contributed by atoms with Gasteiger partial charge in [-0.2, -0.15) is 0 Å². The quantitative estimate of drug-likeness (QED) is 0.526. The SMILES string of the molecule is C=C.CCCCCCC1=Cc2cccc3cccc(c23)C1O. The third-order valence-electron chi connectivity index (χ3n) is 4.27. The van der Waals surface area contributed by atoms with Crippen molar-refractivity contribution >= 4 is 16.8 Å². The van der Waals surface area contributed by atoms with Crippen molar-refractivity contribution in [1.29, 1.82) is 0 Å². The molecule has 0 aliphatic heterocycles. The Balaban J connectivity index is 0.000000847. The molecule has 0 heterocycles. The number of aliphatic hydroxyl groups is 1. The molecule has 0 saturated carbocycles. The first-order valence-corrected chi connectivity index (χ1v) is 8.21. The van der Waals surface area contributed by atoms with Crippen molar-refractivity contribution in [3.05, 3.63) is 66.3 Å². The summed E-state index contributed by atoms with van der Waals surface area (Å²) >= 11 is 0. The molecular weight excluding hydrogens is 268 g/mol. The molecule has 0 fully saturated rings. The summed E-state index contributed by atoms with van der Waals surface area (Å²) in [6, 6.07) is 12.6. The summed E-state index contributed by atoms with van der Waals surface area (Å²) < 4.78 is 0. The summed E-state index contributed by atoms with van der Waals surface area (Å²) in [5.74, 6) is 0. The number of rotatable bonds is 5. The van der Waals surface area contributed by atoms with Crippen LogP contribution in [0.15, 0.2) is 55.1 Å². The molecule has 2 aromatic carbocycles. The van der Waals surface area contributed by atoms with E-state index in [1.807, 2.05) is 6.07 Å². The lowest BCUT2D eigenvalue weighted by molar-refractivity contribution is 0.212. The van der Waals surface area contributed by atoms with Gasteiger partial charge in [-0.15, -0.1) is 13.2 Å². The zero-order valence-electron chi connectivity index (χ0n) is 13.5. The van der Waals surface area contributed by atoms with Crippen molar-refractivity contribution in [3.63, 3.8) is 0 Å². The Labute approximate surface area is 134 Å². The maximum Gasteiger partial charge on any atom is 0.101 e. The monoisotopic (exact) mass is 294 g/mol. The van der Waals surface area contributed by atoms with Crippen LogP contribution in [0, 0.1) is 0 Å². The number of benzene rings is 2. The molecule has 22 heavy (non-hydrogen) atoms. The van der Waals surface area contributed by atoms with Gasteiger partial charge in [-0.25, -0.2) is 0 Å². The summed E-state index contributed by atoms with van der Waals surface area (Å²) in [5.41, 5.74) is 3.51. The molecule has 116 valence electrons. The second-order valence-electron chi connectivity index (χ2n) is 5.73. The van der Waals surface area contributed by atoms with Crippen LogP contribution in [0.4, 0.5) is 0 Å². The predicted molar refractivity (Wildman–Crippen MR) is 96.9 cm³/mol. The fourth-order valence-corrected chi connectivity index (χ4v) is 3.19. The molecule has 0 saturated heterocycles. The van der Waals surface area contributed by atoms with Crippen molar-refractivity contribution in [2.45, 2.75) is 45.1 Å². The van der Waals surface area contributed by atoms with E-state index in [1.165, 1.54) is 47.6 Å². The van der Waals surface area contributed by atoms with Crippen molar-refractivity contribution in [1.82, 2.24) is 0 Å². The van der Waals surface area contributed by atoms with E-state index in [4.69, 9.17) is 0 Å². The fraction of sp³-hybridized carbons (Fsp3) is 0.333. The zero-order chi connectivity index (χ0) is 15.9. The highest BCUT2D eigenvalue weighted by Gasteiger charge is 2.21. The Morgan fingerprint density at radius 3 is 2.45 bits per heavy atom. The predicted octanol–water partition coefficient (Wildman–Crippen LogP) is 6.04. The molecule has 0 aromatic heterocycles. The highest BCUT2D eigenvalue weighted by atomic mass is 16.3. The van der Waals surface area contributed by atoms with Gasteiger partial charge in [0.2, 0.25) is 0 Å². The van der Waals surface area contributed by atoms with Gasteiger partial charge < -0.3 is 5.11 Å². The third-order valence-corrected chi connectivity index (χ3v) is 4.27. The van der Waals surface area contributed by atoms with Crippen molar-refractivity contribution in [3.8, 4) is 0 Å². The Kier molecular flexibility index (Phi) is 5.97. The molecule has 1 aliphatic carbocycles. The maximum absolute atomic E-state index is 10.6. The van der Waals surface area contributed by atoms with Gasteiger partial charge in [-0.05, 0) is 40.3 Å². The second kappa shape index (κ2) is 7.95. The minimum atomic E-state index is -0.421. The lowest BCUT2D eigenvalue weighted by Gasteiger charge is -2.23. The van der Waals surface area contributed by atoms with E-state index in [0.717, 1.165) is 12.0 Å². The molecule has 1 atom stereocenters. The smallest absolute Gasteiger partial charge is 0.101 e. The van der Waals surface area contributed by atoms with Crippen LogP contribution in [0.2, 0.25) is 0 Å². The molecule has 0 spiro atoms. The van der Waals surface area contributed by atoms with Crippen LogP contribution >= 0.6 is 0 Å². The Morgan fingerprint density at radius 1 is 1.00 bits per heavy atom. The van der Waals surface area contributed by atoms with Crippen molar-refractivity contribution < 1.29 is 5.11 Å². The van der Waals surface area contributed by atoms with Gasteiger partial charge in [-0.1, -0.05) is 68.7 Å². The van der Waals surface area contributed by atoms with E-state index in [0.29, 0.717) is 0 Å². The van der Waals surface area contributed by atoms with E-state index in [9.17, 15) is 5.11 Å². The molecule has 3 rings (SSSR count). The van der Waals surface area contributed by atoms with Crippen LogP contribution in [0.25, 0.3) is 16.8 Å². The summed E-state index contributed by atoms with van der Waals surface area (Å²) in [7, 11) is 0. The molecular formula is C21H26O. The Morgan fingerprint density at radius 2 is 1.73 bits per heavy atom. The highest BCUT2D eigenvalue weighted by molar-refractivity contribution is 5.96. The number of aliphatic hydroxyl groups excluding tert-OH is 1. The Bertz CT molecular complexity index is 649. The van der Waals surface area contributed by atoms with Crippen LogP contribution in [-0.2, 0) is 0 Å². The van der Waals surface area contributed by atoms with Gasteiger partial charge in [0, 0.05) is 0 Å². The molecule has 0 bridgehead atoms. The van der Waals surface area contributed by atoms with E-state index >= 15 is 0 Å². The minimum absolute atomic E-state index is 0.421. The molecule has 1 unspecified atom stereocenters. The van der Waals surface area contributed by atoms with Crippen LogP contribution in [0.1, 0.15) is 56.3 Å². The highest BCUT2D eigenvalue weighted by Crippen LogP contribution is 2.39. The van der Waals surface area contributed by atoms with Gasteiger partial charge in [0.05, 0.1) is 0 Å². The minimum Gasteiger partial charge on any atom is -0.384 e. The molecule has 0 radical (unpaired) electrons. The second-order valence-corrected chi connectivity index (χ2v) is 5.73. The summed E-state index contributed by atoms with van der Waals surface area (Å²) in [6.45, 7) is 8.23. The van der Waals surface area contributed by atoms with Gasteiger partial charge in [0.1, 0.15) is 6.10 Å². The van der Waals surface area contributed by atoms with Crippen molar-refractivity contribution in [2.24, 2.45) is 0 Å². The van der Waals surface area contributed by atoms with E-state index in [-0.39, 0.29) is 0 Å². The standard InChI is InChI=1S/C19H22O.C2H4/c1-2-3-4-5-8-16-13-15-11-6-9-14-10-7-12-17(18(14)15)19(16)20;1-2/h6-7,9-13,19-20H,2-5,8H2,1H3;1-2H2. The first-order valence-electron chi connectivity index (χ1n) is 8.21. The lowest BCUT2D eigenvalue weighted by atomic mass is 9.85. The summed E-state index contributed by atoms with van der Waals surface area (Å²) in [4.78, 5) is 0. The van der Waals surface area contributed by atoms with Crippen LogP contribution < -0.4 is 0 Å². The Hall–Kier alpha value is -1.86. The molecule has 1 nitrogen and oxygen atoms in total. The summed E-state index contributed by atoms with van der Waals surface area (Å²) in [5, 5.41) is 13.1. The van der Waals surface area contributed by atoms with Gasteiger partial charge >= 0.3 is 0 Å². The molecule has 1 heteroatoms. The van der Waals surface area contributed by atoms with Crippen molar-refractivity contribution in [2.75, 3.05) is 0 Å². The van der Waals surface area contributed by atoms with Gasteiger partial charge in [0.15, 0.2) is 0 Å². The molecule has 2 aromatic rings. The van der Waals surface area contributed by atoms with E-state index in [1.54, 1.807) is 0 Å². The average Bonchev–Trinajstić information content (AvgIpc) is 2.57. The van der Waals surface area contributed by atoms with E-state index in [2.05, 4.69) is 56.5 Å². The van der Waals surface area contributed by atoms with Gasteiger partial charge in [0.25, 0.3) is 0 Å². The van der Waals surface area contributed by atoms with Gasteiger partial charge in [-0.3, -0.25) is 0 Å². The normalized spacial score (nSPS) is 15.9.